The first kappa shape index (κ1) is 16.5. The van der Waals surface area contributed by atoms with E-state index in [4.69, 9.17) is 4.98 Å². The standard InChI is InChI=1S/C24H19BrN2/c1-24(2)18-8-4-6-10-21(18)27(22-13-12-17(25)15-19(22)24)23-14-11-16-7-3-5-9-20(16)26-23/h3-15H,1-2H3. The normalized spacial score (nSPS) is 14.7. The Kier molecular flexibility index (Phi) is 3.63. The molecule has 0 atom stereocenters. The van der Waals surface area contributed by atoms with E-state index in [2.05, 4.69) is 107 Å². The van der Waals surface area contributed by atoms with Gasteiger partial charge in [-0.25, -0.2) is 4.98 Å². The molecule has 1 aliphatic rings. The summed E-state index contributed by atoms with van der Waals surface area (Å²) < 4.78 is 1.10. The molecule has 2 nitrogen and oxygen atoms in total. The molecule has 0 N–H and O–H groups in total. The number of hydrogen-bond acceptors (Lipinski definition) is 2. The molecule has 3 heteroatoms. The lowest BCUT2D eigenvalue weighted by Gasteiger charge is -2.41. The van der Waals surface area contributed by atoms with Crippen molar-refractivity contribution in [2.45, 2.75) is 19.3 Å². The number of aromatic nitrogens is 1. The maximum absolute atomic E-state index is 4.98. The largest absolute Gasteiger partial charge is 0.294 e. The van der Waals surface area contributed by atoms with E-state index >= 15 is 0 Å². The number of anilines is 3. The van der Waals surface area contributed by atoms with Crippen molar-refractivity contribution < 1.29 is 0 Å². The second kappa shape index (κ2) is 5.93. The van der Waals surface area contributed by atoms with E-state index in [1.54, 1.807) is 0 Å². The fourth-order valence-electron chi connectivity index (χ4n) is 4.10. The first-order chi connectivity index (χ1) is 13.1. The smallest absolute Gasteiger partial charge is 0.138 e. The Bertz CT molecular complexity index is 1180. The van der Waals surface area contributed by atoms with Gasteiger partial charge in [-0.05, 0) is 53.6 Å². The molecular weight excluding hydrogens is 396 g/mol. The van der Waals surface area contributed by atoms with Crippen LogP contribution >= 0.6 is 15.9 Å². The lowest BCUT2D eigenvalue weighted by molar-refractivity contribution is 0.631. The molecule has 0 radical (unpaired) electrons. The third kappa shape index (κ3) is 2.49. The molecule has 0 bridgehead atoms. The van der Waals surface area contributed by atoms with Crippen molar-refractivity contribution in [3.8, 4) is 0 Å². The predicted molar refractivity (Wildman–Crippen MR) is 116 cm³/mol. The van der Waals surface area contributed by atoms with Crippen LogP contribution in [0.25, 0.3) is 10.9 Å². The van der Waals surface area contributed by atoms with Crippen LogP contribution in [0.3, 0.4) is 0 Å². The number of hydrogen-bond donors (Lipinski definition) is 0. The van der Waals surface area contributed by atoms with Crippen molar-refractivity contribution in [1.29, 1.82) is 0 Å². The zero-order chi connectivity index (χ0) is 18.6. The number of nitrogens with zero attached hydrogens (tertiary/aromatic N) is 2. The van der Waals surface area contributed by atoms with E-state index in [0.717, 1.165) is 21.2 Å². The van der Waals surface area contributed by atoms with Crippen LogP contribution in [0.15, 0.2) is 83.3 Å². The summed E-state index contributed by atoms with van der Waals surface area (Å²) in [4.78, 5) is 7.27. The number of pyridine rings is 1. The lowest BCUT2D eigenvalue weighted by Crippen LogP contribution is -2.30. The minimum atomic E-state index is -0.0803. The summed E-state index contributed by atoms with van der Waals surface area (Å²) >= 11 is 3.66. The highest BCUT2D eigenvalue weighted by atomic mass is 79.9. The highest BCUT2D eigenvalue weighted by molar-refractivity contribution is 9.10. The third-order valence-corrected chi connectivity index (χ3v) is 6.00. The summed E-state index contributed by atoms with van der Waals surface area (Å²) in [5.74, 6) is 0.945. The molecule has 3 aromatic carbocycles. The highest BCUT2D eigenvalue weighted by Gasteiger charge is 2.37. The molecule has 0 spiro atoms. The molecule has 132 valence electrons. The Balaban J connectivity index is 1.82. The van der Waals surface area contributed by atoms with Crippen LogP contribution in [0.5, 0.6) is 0 Å². The first-order valence-corrected chi connectivity index (χ1v) is 9.90. The van der Waals surface area contributed by atoms with E-state index in [0.29, 0.717) is 0 Å². The van der Waals surface area contributed by atoms with Gasteiger partial charge in [0.1, 0.15) is 5.82 Å². The van der Waals surface area contributed by atoms with Gasteiger partial charge in [0, 0.05) is 15.3 Å². The summed E-state index contributed by atoms with van der Waals surface area (Å²) in [6.07, 6.45) is 0. The quantitative estimate of drug-likeness (QED) is 0.329. The fraction of sp³-hybridized carbons (Fsp3) is 0.125. The van der Waals surface area contributed by atoms with Crippen molar-refractivity contribution in [2.24, 2.45) is 0 Å². The number of para-hydroxylation sites is 2. The van der Waals surface area contributed by atoms with Crippen molar-refractivity contribution in [3.05, 3.63) is 94.5 Å². The van der Waals surface area contributed by atoms with E-state index < -0.39 is 0 Å². The summed E-state index contributed by atoms with van der Waals surface area (Å²) in [5, 5.41) is 1.16. The summed E-state index contributed by atoms with van der Waals surface area (Å²) in [5.41, 5.74) is 5.92. The van der Waals surface area contributed by atoms with Crippen LogP contribution in [0.1, 0.15) is 25.0 Å². The van der Waals surface area contributed by atoms with Crippen LogP contribution in [-0.4, -0.2) is 4.98 Å². The van der Waals surface area contributed by atoms with Crippen molar-refractivity contribution in [1.82, 2.24) is 4.98 Å². The molecule has 5 rings (SSSR count). The molecule has 0 saturated carbocycles. The maximum atomic E-state index is 4.98. The second-order valence-corrected chi connectivity index (χ2v) is 8.42. The van der Waals surface area contributed by atoms with Crippen molar-refractivity contribution in [3.63, 3.8) is 0 Å². The van der Waals surface area contributed by atoms with Crippen LogP contribution in [0.4, 0.5) is 17.2 Å². The van der Waals surface area contributed by atoms with Gasteiger partial charge in [-0.1, -0.05) is 66.2 Å². The average Bonchev–Trinajstić information content (AvgIpc) is 2.69. The number of fused-ring (bicyclic) bond motifs is 3. The SMILES string of the molecule is CC1(C)c2ccccc2N(c2ccc3ccccc3n2)c2ccc(Br)cc21. The number of benzene rings is 3. The van der Waals surface area contributed by atoms with E-state index in [9.17, 15) is 0 Å². The Morgan fingerprint density at radius 2 is 1.52 bits per heavy atom. The molecule has 0 unspecified atom stereocenters. The Hall–Kier alpha value is -2.65. The number of rotatable bonds is 1. The van der Waals surface area contributed by atoms with E-state index in [1.165, 1.54) is 22.5 Å². The highest BCUT2D eigenvalue weighted by Crippen LogP contribution is 2.51. The molecule has 0 amide bonds. The van der Waals surface area contributed by atoms with Crippen LogP contribution in [0.2, 0.25) is 0 Å². The molecule has 1 aliphatic heterocycles. The molecule has 4 aromatic rings. The van der Waals surface area contributed by atoms with Crippen molar-refractivity contribution in [2.75, 3.05) is 4.90 Å². The van der Waals surface area contributed by atoms with Gasteiger partial charge in [-0.15, -0.1) is 0 Å². The minimum absolute atomic E-state index is 0.0803. The Morgan fingerprint density at radius 1 is 0.778 bits per heavy atom. The van der Waals surface area contributed by atoms with Gasteiger partial charge in [0.15, 0.2) is 0 Å². The van der Waals surface area contributed by atoms with Gasteiger partial charge in [-0.3, -0.25) is 4.90 Å². The van der Waals surface area contributed by atoms with Gasteiger partial charge < -0.3 is 0 Å². The molecule has 0 aliphatic carbocycles. The fourth-order valence-corrected chi connectivity index (χ4v) is 4.46. The van der Waals surface area contributed by atoms with Crippen molar-refractivity contribution >= 4 is 44.0 Å². The topological polar surface area (TPSA) is 16.1 Å². The first-order valence-electron chi connectivity index (χ1n) is 9.11. The number of halogens is 1. The molecular formula is C24H19BrN2. The van der Waals surface area contributed by atoms with E-state index in [1.807, 2.05) is 6.07 Å². The van der Waals surface area contributed by atoms with Gasteiger partial charge in [0.05, 0.1) is 16.9 Å². The van der Waals surface area contributed by atoms with Crippen LogP contribution in [0, 0.1) is 0 Å². The maximum Gasteiger partial charge on any atom is 0.138 e. The average molecular weight is 415 g/mol. The van der Waals surface area contributed by atoms with Gasteiger partial charge >= 0.3 is 0 Å². The summed E-state index contributed by atoms with van der Waals surface area (Å²) in [6, 6.07) is 27.7. The third-order valence-electron chi connectivity index (χ3n) is 5.50. The minimum Gasteiger partial charge on any atom is -0.294 e. The molecule has 0 saturated heterocycles. The second-order valence-electron chi connectivity index (χ2n) is 7.50. The molecule has 2 heterocycles. The summed E-state index contributed by atoms with van der Waals surface area (Å²) in [6.45, 7) is 4.59. The van der Waals surface area contributed by atoms with E-state index in [-0.39, 0.29) is 5.41 Å². The summed E-state index contributed by atoms with van der Waals surface area (Å²) in [7, 11) is 0. The van der Waals surface area contributed by atoms with Gasteiger partial charge in [0.25, 0.3) is 0 Å². The molecule has 0 fully saturated rings. The van der Waals surface area contributed by atoms with Gasteiger partial charge in [0.2, 0.25) is 0 Å². The monoisotopic (exact) mass is 414 g/mol. The Morgan fingerprint density at radius 3 is 2.41 bits per heavy atom. The zero-order valence-electron chi connectivity index (χ0n) is 15.3. The van der Waals surface area contributed by atoms with Gasteiger partial charge in [-0.2, -0.15) is 0 Å². The lowest BCUT2D eigenvalue weighted by atomic mass is 9.73. The van der Waals surface area contributed by atoms with Crippen LogP contribution in [-0.2, 0) is 5.41 Å². The Labute approximate surface area is 167 Å². The van der Waals surface area contributed by atoms with Crippen LogP contribution < -0.4 is 4.90 Å². The predicted octanol–water partition coefficient (Wildman–Crippen LogP) is 7.11. The zero-order valence-corrected chi connectivity index (χ0v) is 16.9. The molecule has 1 aromatic heterocycles. The molecule has 27 heavy (non-hydrogen) atoms.